The van der Waals surface area contributed by atoms with Crippen LogP contribution >= 0.6 is 11.8 Å². The summed E-state index contributed by atoms with van der Waals surface area (Å²) in [5.41, 5.74) is 2.29. The first-order valence-corrected chi connectivity index (χ1v) is 9.29. The van der Waals surface area contributed by atoms with Gasteiger partial charge in [-0.2, -0.15) is 8.78 Å². The number of rotatable bonds is 5. The number of benzene rings is 2. The van der Waals surface area contributed by atoms with Crippen molar-refractivity contribution >= 4 is 29.0 Å². The number of hydrogen-bond donors (Lipinski definition) is 1. The van der Waals surface area contributed by atoms with Crippen molar-refractivity contribution < 1.29 is 13.6 Å². The topological polar surface area (TPSA) is 35.6 Å². The van der Waals surface area contributed by atoms with Crippen molar-refractivity contribution in [3.63, 3.8) is 0 Å². The second-order valence-electron chi connectivity index (χ2n) is 6.19. The molecule has 0 radical (unpaired) electrons. The highest BCUT2D eigenvalue weighted by Gasteiger charge is 2.14. The molecule has 2 aromatic rings. The number of hydrogen-bond acceptors (Lipinski definition) is 4. The van der Waals surface area contributed by atoms with Crippen molar-refractivity contribution in [2.24, 2.45) is 0 Å². The van der Waals surface area contributed by atoms with Crippen LogP contribution in [0.3, 0.4) is 0 Å². The summed E-state index contributed by atoms with van der Waals surface area (Å²) >= 11 is 0.465. The van der Waals surface area contributed by atoms with Crippen molar-refractivity contribution in [2.75, 3.05) is 43.4 Å². The van der Waals surface area contributed by atoms with Gasteiger partial charge in [-0.05, 0) is 55.6 Å². The lowest BCUT2D eigenvalue weighted by Gasteiger charge is -2.34. The number of nitrogens with one attached hydrogen (secondary N) is 1. The lowest BCUT2D eigenvalue weighted by atomic mass is 10.2. The molecule has 3 rings (SSSR count). The smallest absolute Gasteiger partial charge is 0.288 e. The average molecular weight is 377 g/mol. The Morgan fingerprint density at radius 2 is 1.62 bits per heavy atom. The molecule has 0 aliphatic carbocycles. The van der Waals surface area contributed by atoms with E-state index in [1.54, 1.807) is 12.1 Å². The summed E-state index contributed by atoms with van der Waals surface area (Å²) in [5, 5.41) is 2.84. The molecule has 4 nitrogen and oxygen atoms in total. The minimum Gasteiger partial charge on any atom is -0.369 e. The van der Waals surface area contributed by atoms with Gasteiger partial charge in [-0.15, -0.1) is 0 Å². The predicted molar refractivity (Wildman–Crippen MR) is 102 cm³/mol. The Morgan fingerprint density at radius 3 is 2.19 bits per heavy atom. The molecule has 2 aromatic carbocycles. The van der Waals surface area contributed by atoms with Crippen LogP contribution in [0.5, 0.6) is 0 Å². The third-order valence-corrected chi connectivity index (χ3v) is 5.06. The fraction of sp³-hybridized carbons (Fsp3) is 0.316. The number of likely N-dealkylation sites (N-methyl/N-ethyl adjacent to an activating group) is 1. The highest BCUT2D eigenvalue weighted by Crippen LogP contribution is 2.25. The van der Waals surface area contributed by atoms with Gasteiger partial charge >= 0.3 is 0 Å². The summed E-state index contributed by atoms with van der Waals surface area (Å²) in [6, 6.07) is 13.9. The predicted octanol–water partition coefficient (Wildman–Crippen LogP) is 4.01. The van der Waals surface area contributed by atoms with E-state index in [1.165, 1.54) is 12.1 Å². The maximum absolute atomic E-state index is 12.3. The number of nitrogens with zero attached hydrogens (tertiary/aromatic N) is 2. The molecule has 0 bridgehead atoms. The first kappa shape index (κ1) is 18.7. The number of amides is 1. The number of piperazine rings is 1. The normalized spacial score (nSPS) is 15.3. The molecule has 7 heteroatoms. The summed E-state index contributed by atoms with van der Waals surface area (Å²) < 4.78 is 24.7. The van der Waals surface area contributed by atoms with E-state index in [9.17, 15) is 13.6 Å². The molecule has 0 aromatic heterocycles. The Labute approximate surface area is 156 Å². The van der Waals surface area contributed by atoms with Gasteiger partial charge in [0, 0.05) is 48.0 Å². The third-order valence-electron chi connectivity index (χ3n) is 4.34. The number of carbonyl (C=O) groups is 1. The quantitative estimate of drug-likeness (QED) is 0.799. The van der Waals surface area contributed by atoms with Gasteiger partial charge in [-0.25, -0.2) is 0 Å². The van der Waals surface area contributed by atoms with Crippen molar-refractivity contribution in [1.29, 1.82) is 0 Å². The van der Waals surface area contributed by atoms with Crippen LogP contribution in [0.15, 0.2) is 53.4 Å². The Kier molecular flexibility index (Phi) is 6.11. The summed E-state index contributed by atoms with van der Waals surface area (Å²) in [6.45, 7) is 4.06. The lowest BCUT2D eigenvalue weighted by molar-refractivity contribution is 0.102. The van der Waals surface area contributed by atoms with Gasteiger partial charge in [0.1, 0.15) is 0 Å². The third kappa shape index (κ3) is 4.95. The second kappa shape index (κ2) is 8.51. The van der Waals surface area contributed by atoms with Gasteiger partial charge in [0.05, 0.1) is 0 Å². The van der Waals surface area contributed by atoms with Crippen LogP contribution in [0.2, 0.25) is 0 Å². The largest absolute Gasteiger partial charge is 0.369 e. The Morgan fingerprint density at radius 1 is 1.00 bits per heavy atom. The SMILES string of the molecule is CN1CCN(c2ccc(NC(=O)c3ccc(SC(F)F)cc3)cc2)CC1. The Balaban J connectivity index is 1.59. The van der Waals surface area contributed by atoms with Crippen LogP contribution in [0, 0.1) is 0 Å². The van der Waals surface area contributed by atoms with Gasteiger partial charge in [0.25, 0.3) is 11.7 Å². The molecule has 0 unspecified atom stereocenters. The number of thioether (sulfide) groups is 1. The Bertz CT molecular complexity index is 729. The van der Waals surface area contributed by atoms with E-state index in [2.05, 4.69) is 22.2 Å². The van der Waals surface area contributed by atoms with Crippen LogP contribution in [-0.4, -0.2) is 49.8 Å². The zero-order chi connectivity index (χ0) is 18.5. The molecule has 1 aliphatic rings. The first-order valence-electron chi connectivity index (χ1n) is 8.41. The molecule has 1 saturated heterocycles. The second-order valence-corrected chi connectivity index (χ2v) is 7.26. The molecule has 0 atom stereocenters. The summed E-state index contributed by atoms with van der Waals surface area (Å²) in [6.07, 6.45) is 0. The van der Waals surface area contributed by atoms with Crippen molar-refractivity contribution in [3.8, 4) is 0 Å². The van der Waals surface area contributed by atoms with Crippen LogP contribution in [0.25, 0.3) is 0 Å². The fourth-order valence-electron chi connectivity index (χ4n) is 2.81. The van der Waals surface area contributed by atoms with Crippen LogP contribution in [-0.2, 0) is 0 Å². The van der Waals surface area contributed by atoms with Gasteiger partial charge in [-0.1, -0.05) is 11.8 Å². The molecule has 26 heavy (non-hydrogen) atoms. The molecule has 1 fully saturated rings. The summed E-state index contributed by atoms with van der Waals surface area (Å²) in [4.78, 5) is 17.4. The summed E-state index contributed by atoms with van der Waals surface area (Å²) in [5.74, 6) is -2.72. The standard InChI is InChI=1S/C19H21F2N3OS/c1-23-10-12-24(13-11-23)16-6-4-15(5-7-16)22-18(25)14-2-8-17(9-3-14)26-19(20)21/h2-9,19H,10-13H2,1H3,(H,22,25). The van der Waals surface area contributed by atoms with Gasteiger partial charge in [0.2, 0.25) is 0 Å². The molecule has 1 aliphatic heterocycles. The molecular formula is C19H21F2N3OS. The molecular weight excluding hydrogens is 356 g/mol. The van der Waals surface area contributed by atoms with Crippen molar-refractivity contribution in [1.82, 2.24) is 4.90 Å². The van der Waals surface area contributed by atoms with Crippen molar-refractivity contribution in [3.05, 3.63) is 54.1 Å². The lowest BCUT2D eigenvalue weighted by Crippen LogP contribution is -2.44. The van der Waals surface area contributed by atoms with Crippen LogP contribution in [0.1, 0.15) is 10.4 Å². The number of anilines is 2. The first-order chi connectivity index (χ1) is 12.5. The Hall–Kier alpha value is -2.12. The monoisotopic (exact) mass is 377 g/mol. The van der Waals surface area contributed by atoms with Gasteiger partial charge in [0.15, 0.2) is 0 Å². The van der Waals surface area contributed by atoms with Crippen LogP contribution < -0.4 is 10.2 Å². The minimum absolute atomic E-state index is 0.258. The molecule has 138 valence electrons. The maximum Gasteiger partial charge on any atom is 0.288 e. The number of alkyl halides is 2. The van der Waals surface area contributed by atoms with E-state index in [0.29, 0.717) is 27.9 Å². The van der Waals surface area contributed by atoms with Gasteiger partial charge < -0.3 is 15.1 Å². The zero-order valence-electron chi connectivity index (χ0n) is 14.5. The van der Waals surface area contributed by atoms with E-state index in [-0.39, 0.29) is 5.91 Å². The highest BCUT2D eigenvalue weighted by atomic mass is 32.2. The van der Waals surface area contributed by atoms with E-state index >= 15 is 0 Å². The molecule has 0 spiro atoms. The molecule has 0 saturated carbocycles. The van der Waals surface area contributed by atoms with E-state index < -0.39 is 5.76 Å². The molecule has 1 amide bonds. The molecule has 1 heterocycles. The van der Waals surface area contributed by atoms with E-state index in [4.69, 9.17) is 0 Å². The van der Waals surface area contributed by atoms with Gasteiger partial charge in [-0.3, -0.25) is 4.79 Å². The number of carbonyl (C=O) groups excluding carboxylic acids is 1. The number of halogens is 2. The van der Waals surface area contributed by atoms with E-state index in [1.807, 2.05) is 24.3 Å². The summed E-state index contributed by atoms with van der Waals surface area (Å²) in [7, 11) is 2.12. The highest BCUT2D eigenvalue weighted by molar-refractivity contribution is 7.99. The van der Waals surface area contributed by atoms with Crippen LogP contribution in [0.4, 0.5) is 20.2 Å². The minimum atomic E-state index is -2.46. The maximum atomic E-state index is 12.3. The molecule has 1 N–H and O–H groups in total. The zero-order valence-corrected chi connectivity index (χ0v) is 15.3. The average Bonchev–Trinajstić information content (AvgIpc) is 2.63. The van der Waals surface area contributed by atoms with E-state index in [0.717, 1.165) is 31.9 Å². The van der Waals surface area contributed by atoms with Crippen molar-refractivity contribution in [2.45, 2.75) is 10.7 Å². The fourth-order valence-corrected chi connectivity index (χ4v) is 3.31.